The average molecular weight is 367 g/mol. The third-order valence-corrected chi connectivity index (χ3v) is 3.91. The zero-order valence-electron chi connectivity index (χ0n) is 11.2. The van der Waals surface area contributed by atoms with Crippen molar-refractivity contribution < 1.29 is 13.2 Å². The number of fused-ring (bicyclic) bond motifs is 1. The van der Waals surface area contributed by atoms with Gasteiger partial charge in [0.15, 0.2) is 0 Å². The summed E-state index contributed by atoms with van der Waals surface area (Å²) in [6.07, 6.45) is -3.06. The largest absolute Gasteiger partial charge is 0.418 e. The van der Waals surface area contributed by atoms with Crippen molar-refractivity contribution >= 4 is 38.2 Å². The molecule has 0 amide bonds. The predicted molar refractivity (Wildman–Crippen MR) is 84.2 cm³/mol. The molecule has 0 fully saturated rings. The van der Waals surface area contributed by atoms with E-state index in [1.54, 1.807) is 12.1 Å². The Morgan fingerprint density at radius 3 is 2.41 bits per heavy atom. The van der Waals surface area contributed by atoms with Crippen LogP contribution in [0.4, 0.5) is 24.5 Å². The summed E-state index contributed by atoms with van der Waals surface area (Å²) in [7, 11) is 0. The lowest BCUT2D eigenvalue weighted by molar-refractivity contribution is -0.136. The van der Waals surface area contributed by atoms with Gasteiger partial charge in [0.25, 0.3) is 0 Å². The number of anilines is 2. The smallest absolute Gasteiger partial charge is 0.354 e. The third kappa shape index (κ3) is 2.78. The van der Waals surface area contributed by atoms with Gasteiger partial charge in [0, 0.05) is 21.7 Å². The normalized spacial score (nSPS) is 11.6. The van der Waals surface area contributed by atoms with E-state index in [0.29, 0.717) is 11.1 Å². The number of alkyl halides is 3. The van der Waals surface area contributed by atoms with Gasteiger partial charge >= 0.3 is 6.18 Å². The first-order valence-electron chi connectivity index (χ1n) is 6.43. The van der Waals surface area contributed by atoms with E-state index in [-0.39, 0.29) is 5.52 Å². The van der Waals surface area contributed by atoms with E-state index < -0.39 is 11.7 Å². The van der Waals surface area contributed by atoms with Gasteiger partial charge in [-0.2, -0.15) is 13.2 Å². The van der Waals surface area contributed by atoms with Gasteiger partial charge in [0.05, 0.1) is 16.8 Å². The van der Waals surface area contributed by atoms with Crippen LogP contribution in [0.5, 0.6) is 0 Å². The third-order valence-electron chi connectivity index (χ3n) is 3.22. The zero-order chi connectivity index (χ0) is 15.7. The van der Waals surface area contributed by atoms with Crippen molar-refractivity contribution in [3.8, 4) is 0 Å². The SMILES string of the molecule is FC(F)(F)c1cccc2c(Nc3ccccc3Br)ccnc12. The fraction of sp³-hybridized carbons (Fsp3) is 0.0625. The minimum absolute atomic E-state index is 0.0629. The van der Waals surface area contributed by atoms with Gasteiger partial charge in [0.1, 0.15) is 0 Å². The summed E-state index contributed by atoms with van der Waals surface area (Å²) in [5.74, 6) is 0. The van der Waals surface area contributed by atoms with E-state index >= 15 is 0 Å². The first-order chi connectivity index (χ1) is 10.5. The van der Waals surface area contributed by atoms with E-state index in [9.17, 15) is 13.2 Å². The number of hydrogen-bond donors (Lipinski definition) is 1. The van der Waals surface area contributed by atoms with Crippen LogP contribution in [0.1, 0.15) is 5.56 Å². The van der Waals surface area contributed by atoms with Crippen molar-refractivity contribution in [3.63, 3.8) is 0 Å². The predicted octanol–water partition coefficient (Wildman–Crippen LogP) is 5.76. The quantitative estimate of drug-likeness (QED) is 0.623. The lowest BCUT2D eigenvalue weighted by Crippen LogP contribution is -2.07. The zero-order valence-corrected chi connectivity index (χ0v) is 12.7. The van der Waals surface area contributed by atoms with Crippen LogP contribution in [-0.4, -0.2) is 4.98 Å². The fourth-order valence-electron chi connectivity index (χ4n) is 2.22. The Morgan fingerprint density at radius 2 is 1.68 bits per heavy atom. The summed E-state index contributed by atoms with van der Waals surface area (Å²) >= 11 is 3.41. The molecule has 3 aromatic rings. The van der Waals surface area contributed by atoms with Crippen LogP contribution < -0.4 is 5.32 Å². The lowest BCUT2D eigenvalue weighted by Gasteiger charge is -2.14. The molecule has 112 valence electrons. The van der Waals surface area contributed by atoms with E-state index in [4.69, 9.17) is 0 Å². The number of pyridine rings is 1. The second-order valence-corrected chi connectivity index (χ2v) is 5.52. The monoisotopic (exact) mass is 366 g/mol. The Balaban J connectivity index is 2.14. The van der Waals surface area contributed by atoms with Crippen LogP contribution in [0.15, 0.2) is 59.2 Å². The molecule has 1 heterocycles. The second kappa shape index (κ2) is 5.61. The van der Waals surface area contributed by atoms with Crippen molar-refractivity contribution in [1.29, 1.82) is 0 Å². The lowest BCUT2D eigenvalue weighted by atomic mass is 10.1. The molecule has 0 aliphatic carbocycles. The highest BCUT2D eigenvalue weighted by molar-refractivity contribution is 9.10. The van der Waals surface area contributed by atoms with Crippen LogP contribution in [0, 0.1) is 0 Å². The molecule has 3 rings (SSSR count). The maximum atomic E-state index is 13.1. The number of benzene rings is 2. The average Bonchev–Trinajstić information content (AvgIpc) is 2.48. The van der Waals surface area contributed by atoms with Crippen molar-refractivity contribution in [2.45, 2.75) is 6.18 Å². The van der Waals surface area contributed by atoms with Crippen molar-refractivity contribution in [2.24, 2.45) is 0 Å². The Labute approximate surface area is 133 Å². The minimum atomic E-state index is -4.43. The molecular formula is C16H10BrF3N2. The number of halogens is 4. The standard InChI is InChI=1S/C16H10BrF3N2/c17-12-6-1-2-7-14(12)22-13-8-9-21-15-10(13)4-3-5-11(15)16(18,19)20/h1-9H,(H,21,22). The molecule has 0 unspecified atom stereocenters. The van der Waals surface area contributed by atoms with E-state index in [0.717, 1.165) is 16.2 Å². The molecule has 0 atom stereocenters. The molecule has 2 nitrogen and oxygen atoms in total. The molecule has 0 saturated carbocycles. The minimum Gasteiger partial charge on any atom is -0.354 e. The fourth-order valence-corrected chi connectivity index (χ4v) is 2.61. The van der Waals surface area contributed by atoms with Gasteiger partial charge in [-0.1, -0.05) is 24.3 Å². The van der Waals surface area contributed by atoms with Gasteiger partial charge in [-0.05, 0) is 40.2 Å². The van der Waals surface area contributed by atoms with Crippen LogP contribution in [0.2, 0.25) is 0 Å². The highest BCUT2D eigenvalue weighted by Gasteiger charge is 2.33. The summed E-state index contributed by atoms with van der Waals surface area (Å²) in [6, 6.07) is 13.1. The number of rotatable bonds is 2. The van der Waals surface area contributed by atoms with E-state index in [1.807, 2.05) is 24.3 Å². The summed E-state index contributed by atoms with van der Waals surface area (Å²) < 4.78 is 40.0. The van der Waals surface area contributed by atoms with Gasteiger partial charge in [-0.3, -0.25) is 4.98 Å². The van der Waals surface area contributed by atoms with Crippen molar-refractivity contribution in [1.82, 2.24) is 4.98 Å². The summed E-state index contributed by atoms with van der Waals surface area (Å²) in [5, 5.41) is 3.56. The Morgan fingerprint density at radius 1 is 0.909 bits per heavy atom. The highest BCUT2D eigenvalue weighted by atomic mass is 79.9. The van der Waals surface area contributed by atoms with Crippen molar-refractivity contribution in [2.75, 3.05) is 5.32 Å². The van der Waals surface area contributed by atoms with Gasteiger partial charge < -0.3 is 5.32 Å². The van der Waals surface area contributed by atoms with Gasteiger partial charge in [-0.25, -0.2) is 0 Å². The first-order valence-corrected chi connectivity index (χ1v) is 7.22. The molecule has 0 aliphatic rings. The summed E-state index contributed by atoms with van der Waals surface area (Å²) in [6.45, 7) is 0. The summed E-state index contributed by atoms with van der Waals surface area (Å²) in [5.41, 5.74) is 0.545. The molecule has 1 N–H and O–H groups in total. The number of nitrogens with zero attached hydrogens (tertiary/aromatic N) is 1. The van der Waals surface area contributed by atoms with E-state index in [1.165, 1.54) is 12.3 Å². The molecule has 22 heavy (non-hydrogen) atoms. The number of nitrogens with one attached hydrogen (secondary N) is 1. The number of aromatic nitrogens is 1. The molecule has 1 aromatic heterocycles. The molecular weight excluding hydrogens is 357 g/mol. The first kappa shape index (κ1) is 14.8. The number of para-hydroxylation sites is 2. The second-order valence-electron chi connectivity index (χ2n) is 4.66. The van der Waals surface area contributed by atoms with Crippen LogP contribution in [0.25, 0.3) is 10.9 Å². The highest BCUT2D eigenvalue weighted by Crippen LogP contribution is 2.36. The summed E-state index contributed by atoms with van der Waals surface area (Å²) in [4.78, 5) is 3.90. The van der Waals surface area contributed by atoms with E-state index in [2.05, 4.69) is 26.2 Å². The van der Waals surface area contributed by atoms with Crippen LogP contribution in [-0.2, 0) is 6.18 Å². The van der Waals surface area contributed by atoms with Crippen molar-refractivity contribution in [3.05, 3.63) is 64.8 Å². The van der Waals surface area contributed by atoms with Crippen LogP contribution >= 0.6 is 15.9 Å². The van der Waals surface area contributed by atoms with Crippen LogP contribution in [0.3, 0.4) is 0 Å². The Kier molecular flexibility index (Phi) is 3.78. The molecule has 0 saturated heterocycles. The molecule has 0 bridgehead atoms. The topological polar surface area (TPSA) is 24.9 Å². The molecule has 6 heteroatoms. The molecule has 0 radical (unpaired) electrons. The maximum Gasteiger partial charge on any atom is 0.418 e. The molecule has 2 aromatic carbocycles. The molecule has 0 spiro atoms. The molecule has 0 aliphatic heterocycles. The maximum absolute atomic E-state index is 13.1. The Hall–Kier alpha value is -2.08. The van der Waals surface area contributed by atoms with Gasteiger partial charge in [-0.15, -0.1) is 0 Å². The Bertz CT molecular complexity index is 831. The van der Waals surface area contributed by atoms with Gasteiger partial charge in [0.2, 0.25) is 0 Å². The number of hydrogen-bond acceptors (Lipinski definition) is 2.